The first-order valence-electron chi connectivity index (χ1n) is 6.85. The summed E-state index contributed by atoms with van der Waals surface area (Å²) in [6.45, 7) is 5.25. The van der Waals surface area contributed by atoms with E-state index >= 15 is 0 Å². The number of aliphatic imine (C=N–C) groups is 1. The van der Waals surface area contributed by atoms with Crippen LogP contribution in [-0.4, -0.2) is 27.3 Å². The Morgan fingerprint density at radius 3 is 2.50 bits per heavy atom. The van der Waals surface area contributed by atoms with Crippen LogP contribution in [0.4, 0.5) is 0 Å². The number of rotatable bonds is 5. The summed E-state index contributed by atoms with van der Waals surface area (Å²) >= 11 is 0. The minimum Gasteiger partial charge on any atom is -0.330 e. The lowest BCUT2D eigenvalue weighted by molar-refractivity contribution is 0.286. The molecule has 0 radical (unpaired) electrons. The molecule has 0 saturated carbocycles. The Morgan fingerprint density at radius 1 is 1.25 bits per heavy atom. The lowest BCUT2D eigenvalue weighted by Crippen LogP contribution is -2.33. The quantitative estimate of drug-likeness (QED) is 0.863. The summed E-state index contributed by atoms with van der Waals surface area (Å²) in [5.74, 6) is 0.431. The van der Waals surface area contributed by atoms with Gasteiger partial charge in [0.15, 0.2) is 0 Å². The minimum absolute atomic E-state index is 0.0595. The van der Waals surface area contributed by atoms with Crippen LogP contribution in [0.25, 0.3) is 0 Å². The number of hydrogen-bond acceptors (Lipinski definition) is 4. The normalized spacial score (nSPS) is 18.9. The first-order chi connectivity index (χ1) is 9.48. The third-order valence-corrected chi connectivity index (χ3v) is 5.57. The van der Waals surface area contributed by atoms with Gasteiger partial charge in [0.05, 0.1) is 4.90 Å². The second kappa shape index (κ2) is 5.54. The number of fused-ring (bicyclic) bond motifs is 1. The topological polar surface area (TPSA) is 84.5 Å². The van der Waals surface area contributed by atoms with E-state index < -0.39 is 10.0 Å². The van der Waals surface area contributed by atoms with Gasteiger partial charge in [-0.3, -0.25) is 9.71 Å². The Balaban J connectivity index is 2.34. The van der Waals surface area contributed by atoms with Gasteiger partial charge in [-0.1, -0.05) is 26.0 Å². The monoisotopic (exact) mass is 295 g/mol. The molecule has 0 atom stereocenters. The number of nitrogens with zero attached hydrogens (tertiary/aromatic N) is 1. The van der Waals surface area contributed by atoms with Crippen molar-refractivity contribution in [3.8, 4) is 0 Å². The Labute approximate surface area is 120 Å². The van der Waals surface area contributed by atoms with E-state index in [1.807, 2.05) is 6.07 Å². The Morgan fingerprint density at radius 2 is 1.90 bits per heavy atom. The largest absolute Gasteiger partial charge is 0.330 e. The second-order valence-corrected chi connectivity index (χ2v) is 6.83. The van der Waals surface area contributed by atoms with Crippen molar-refractivity contribution < 1.29 is 8.42 Å². The molecule has 20 heavy (non-hydrogen) atoms. The highest BCUT2D eigenvalue weighted by atomic mass is 32.2. The van der Waals surface area contributed by atoms with Gasteiger partial charge in [-0.05, 0) is 31.5 Å². The molecule has 0 saturated heterocycles. The zero-order valence-electron chi connectivity index (χ0n) is 11.9. The molecule has 0 bridgehead atoms. The highest BCUT2D eigenvalue weighted by Gasteiger charge is 2.31. The molecule has 1 aromatic carbocycles. The predicted molar refractivity (Wildman–Crippen MR) is 80.2 cm³/mol. The molecule has 1 aliphatic rings. The molecule has 0 aromatic heterocycles. The zero-order valence-corrected chi connectivity index (χ0v) is 12.7. The van der Waals surface area contributed by atoms with Crippen molar-refractivity contribution in [3.63, 3.8) is 0 Å². The third kappa shape index (κ3) is 2.58. The van der Waals surface area contributed by atoms with Crippen molar-refractivity contribution in [1.82, 2.24) is 4.72 Å². The lowest BCUT2D eigenvalue weighted by Gasteiger charge is -2.28. The summed E-state index contributed by atoms with van der Waals surface area (Å²) in [5.41, 5.74) is 6.44. The molecule has 0 amide bonds. The van der Waals surface area contributed by atoms with Crippen molar-refractivity contribution in [3.05, 3.63) is 29.8 Å². The van der Waals surface area contributed by atoms with Crippen molar-refractivity contribution in [2.75, 3.05) is 13.1 Å². The Kier molecular flexibility index (Phi) is 4.15. The molecule has 5 nitrogen and oxygen atoms in total. The van der Waals surface area contributed by atoms with Crippen molar-refractivity contribution in [2.45, 2.75) is 31.6 Å². The Bertz CT molecular complexity index is 611. The van der Waals surface area contributed by atoms with Crippen LogP contribution in [0.15, 0.2) is 34.2 Å². The Hall–Kier alpha value is -1.40. The maximum absolute atomic E-state index is 12.0. The zero-order chi connectivity index (χ0) is 14.8. The van der Waals surface area contributed by atoms with Crippen LogP contribution in [-0.2, 0) is 10.0 Å². The van der Waals surface area contributed by atoms with Crippen LogP contribution in [0.1, 0.15) is 32.3 Å². The predicted octanol–water partition coefficient (Wildman–Crippen LogP) is 1.49. The van der Waals surface area contributed by atoms with E-state index in [9.17, 15) is 8.42 Å². The van der Waals surface area contributed by atoms with Gasteiger partial charge in [0, 0.05) is 17.5 Å². The molecule has 0 unspecified atom stereocenters. The van der Waals surface area contributed by atoms with Crippen LogP contribution >= 0.6 is 0 Å². The van der Waals surface area contributed by atoms with Crippen LogP contribution in [0.3, 0.4) is 0 Å². The average molecular weight is 295 g/mol. The van der Waals surface area contributed by atoms with E-state index in [0.717, 1.165) is 12.8 Å². The maximum atomic E-state index is 12.0. The average Bonchev–Trinajstić information content (AvgIpc) is 2.73. The highest BCUT2D eigenvalue weighted by Crippen LogP contribution is 2.27. The molecule has 0 fully saturated rings. The summed E-state index contributed by atoms with van der Waals surface area (Å²) in [7, 11) is -3.45. The molecule has 3 N–H and O–H groups in total. The van der Waals surface area contributed by atoms with Crippen LogP contribution in [0, 0.1) is 5.41 Å². The molecular formula is C14H21N3O2S. The van der Waals surface area contributed by atoms with Gasteiger partial charge in [-0.25, -0.2) is 8.42 Å². The summed E-state index contributed by atoms with van der Waals surface area (Å²) in [6, 6.07) is 6.89. The fourth-order valence-electron chi connectivity index (χ4n) is 2.32. The number of amidine groups is 1. The van der Waals surface area contributed by atoms with Gasteiger partial charge in [0.2, 0.25) is 0 Å². The number of sulfonamides is 1. The fourth-order valence-corrected chi connectivity index (χ4v) is 3.58. The molecule has 6 heteroatoms. The molecule has 1 aliphatic heterocycles. The van der Waals surface area contributed by atoms with Gasteiger partial charge in [-0.2, -0.15) is 0 Å². The van der Waals surface area contributed by atoms with Crippen molar-refractivity contribution in [1.29, 1.82) is 0 Å². The fraction of sp³-hybridized carbons (Fsp3) is 0.500. The van der Waals surface area contributed by atoms with Crippen molar-refractivity contribution >= 4 is 15.9 Å². The molecule has 0 aliphatic carbocycles. The van der Waals surface area contributed by atoms with E-state index in [2.05, 4.69) is 23.6 Å². The van der Waals surface area contributed by atoms with Gasteiger partial charge >= 0.3 is 0 Å². The lowest BCUT2D eigenvalue weighted by atomic mass is 9.82. The molecule has 0 spiro atoms. The number of benzene rings is 1. The van der Waals surface area contributed by atoms with Gasteiger partial charge in [-0.15, -0.1) is 0 Å². The minimum atomic E-state index is -3.45. The first-order valence-corrected chi connectivity index (χ1v) is 8.33. The number of hydrogen-bond donors (Lipinski definition) is 2. The molecular weight excluding hydrogens is 274 g/mol. The van der Waals surface area contributed by atoms with Gasteiger partial charge in [0.25, 0.3) is 10.0 Å². The SMILES string of the molecule is CCC(CC)(CN)CN=C1NS(=O)(=O)c2ccccc21. The van der Waals surface area contributed by atoms with E-state index in [1.54, 1.807) is 18.2 Å². The maximum Gasteiger partial charge on any atom is 0.263 e. The summed E-state index contributed by atoms with van der Waals surface area (Å²) in [4.78, 5) is 4.79. The number of nitrogens with two attached hydrogens (primary N) is 1. The third-order valence-electron chi connectivity index (χ3n) is 4.17. The molecule has 2 rings (SSSR count). The highest BCUT2D eigenvalue weighted by molar-refractivity contribution is 7.90. The van der Waals surface area contributed by atoms with E-state index in [-0.39, 0.29) is 5.41 Å². The molecule has 1 heterocycles. The summed E-state index contributed by atoms with van der Waals surface area (Å²) in [6.07, 6.45) is 1.84. The standard InChI is InChI=1S/C14H21N3O2S/c1-3-14(4-2,9-15)10-16-13-11-7-5-6-8-12(11)20(18,19)17-13/h5-8H,3-4,9-10,15H2,1-2H3,(H,16,17). The first kappa shape index (κ1) is 15.0. The van der Waals surface area contributed by atoms with Crippen LogP contribution in [0.5, 0.6) is 0 Å². The summed E-state index contributed by atoms with van der Waals surface area (Å²) < 4.78 is 26.5. The number of nitrogens with one attached hydrogen (secondary N) is 1. The summed E-state index contributed by atoms with van der Waals surface area (Å²) in [5, 5.41) is 0. The van der Waals surface area contributed by atoms with E-state index in [0.29, 0.717) is 29.4 Å². The van der Waals surface area contributed by atoms with E-state index in [1.165, 1.54) is 0 Å². The molecule has 110 valence electrons. The smallest absolute Gasteiger partial charge is 0.263 e. The van der Waals surface area contributed by atoms with Crippen LogP contribution < -0.4 is 10.5 Å². The van der Waals surface area contributed by atoms with Crippen LogP contribution in [0.2, 0.25) is 0 Å². The second-order valence-electron chi connectivity index (χ2n) is 5.18. The van der Waals surface area contributed by atoms with Crippen molar-refractivity contribution in [2.24, 2.45) is 16.1 Å². The van der Waals surface area contributed by atoms with E-state index in [4.69, 9.17) is 5.73 Å². The van der Waals surface area contributed by atoms with Gasteiger partial charge in [0.1, 0.15) is 5.84 Å². The van der Waals surface area contributed by atoms with Gasteiger partial charge < -0.3 is 5.73 Å². The molecule has 1 aromatic rings.